The second-order valence-electron chi connectivity index (χ2n) is 36.8. The fourth-order valence-corrected chi connectivity index (χ4v) is 18.0. The molecule has 744 valence electrons. The van der Waals surface area contributed by atoms with Gasteiger partial charge in [-0.1, -0.05) is 171 Å². The van der Waals surface area contributed by atoms with Crippen LogP contribution in [0.4, 0.5) is 28.8 Å². The summed E-state index contributed by atoms with van der Waals surface area (Å²) >= 11 is 2.90. The molecule has 10 aromatic heterocycles. The molecule has 23 aromatic rings. The monoisotopic (exact) mass is 1980 g/mol. The number of fused-ring (bicyclic) bond motifs is 14. The van der Waals surface area contributed by atoms with E-state index in [2.05, 4.69) is 335 Å². The molecule has 0 unspecified atom stereocenters. The molecule has 0 fully saturated rings. The van der Waals surface area contributed by atoms with Crippen LogP contribution in [0.5, 0.6) is 0 Å². The Morgan fingerprint density at radius 2 is 0.871 bits per heavy atom. The molecular weight excluding hydrogens is 1860 g/mol. The smallest absolute Gasteiger partial charge is 0.251 e. The molecule has 26 nitrogen and oxygen atoms in total. The molecular formula is C119H124N24O2S2. The molecule has 1 amide bonds. The van der Waals surface area contributed by atoms with E-state index in [4.69, 9.17) is 33.2 Å². The zero-order valence-electron chi connectivity index (χ0n) is 85.3. The van der Waals surface area contributed by atoms with Crippen molar-refractivity contribution in [3.8, 4) is 0 Å². The van der Waals surface area contributed by atoms with Crippen LogP contribution < -0.4 is 44.6 Å². The lowest BCUT2D eigenvalue weighted by Crippen LogP contribution is -2.12. The standard InChI is InChI=1S/2C9H10N2.C9H8N2.C9H9NO.C9H11N.C9H9N.C9H11N.C9H9N.C8H8N2O.2C8H8N2S.2C8H8N2.C7H7N3/c1-6-2-3-8-7(4-6)5-11-9(8)10;1-6-2-3-7-5-11-9(10)8(7)4-6;1-7-4-6-10-8-3-2-5-11-9(7)8;1-6-2-3-7-5-10-9(11)8(7)4-6;2*1-7-2-3-9-8(6-7)4-5-10-9;2*1-7-2-3-8-4-5-10-9(8)6-7;1-5-2-3-6-7(4-5)11-10-8(6)9;1-5-2-3-7-6(4-5)8(9)10-11-7;1-5-2-3-6-7(4-5)11-10-8(6)9;1-6-2-3-8-7(4-6)5-9-10-8;1-6-2-3-7-5-9-10-8(7)4-6;1-5-2-3-6-7(4-5)9-10-8-6/h2*2-4H,5H2,1H3,(H2,10,11);2-6H,1H3;2-4H,5H2,1H3,(H,10,11);2-3,6,10H,4-5H2,1H3;2-6,10H,1H3;2-3,6,10H,4-5H2,1H3;2-6,10H,1H3;3*2-4H,1H3,(H2,9,10);2*2-5H,1H3,(H,9,10);2-4H,1H3,(H,8,9,10). The molecule has 28 heteroatoms. The van der Waals surface area contributed by atoms with Gasteiger partial charge in [-0.15, -0.1) is 0 Å². The Hall–Kier alpha value is -17.5. The number of pyridine rings is 2. The van der Waals surface area contributed by atoms with E-state index in [9.17, 15) is 4.79 Å². The van der Waals surface area contributed by atoms with E-state index in [-0.39, 0.29) is 5.91 Å². The van der Waals surface area contributed by atoms with Crippen molar-refractivity contribution in [2.75, 3.05) is 40.9 Å². The number of carbonyl (C=O) groups excluding carboxylic acids is 1. The van der Waals surface area contributed by atoms with Crippen molar-refractivity contribution in [1.29, 1.82) is 0 Å². The van der Waals surface area contributed by atoms with Crippen molar-refractivity contribution >= 4 is 166 Å². The number of benzene rings is 13. The summed E-state index contributed by atoms with van der Waals surface area (Å²) in [6.07, 6.45) is 13.6. The second-order valence-corrected chi connectivity index (χ2v) is 38.4. The number of rotatable bonds is 0. The predicted molar refractivity (Wildman–Crippen MR) is 612 cm³/mol. The van der Waals surface area contributed by atoms with Crippen LogP contribution in [0.3, 0.4) is 0 Å². The van der Waals surface area contributed by atoms with Crippen molar-refractivity contribution in [3.63, 3.8) is 0 Å². The van der Waals surface area contributed by atoms with Gasteiger partial charge in [-0.2, -0.15) is 34.4 Å². The molecule has 0 spiro atoms. The van der Waals surface area contributed by atoms with Crippen molar-refractivity contribution in [2.45, 2.75) is 129 Å². The molecule has 0 radical (unpaired) electrons. The first kappa shape index (κ1) is 104. The fourth-order valence-electron chi connectivity index (χ4n) is 16.6. The number of anilines is 5. The first-order chi connectivity index (χ1) is 71.0. The summed E-state index contributed by atoms with van der Waals surface area (Å²) in [4.78, 5) is 34.1. The number of aryl methyl sites for hydroxylation is 14. The summed E-state index contributed by atoms with van der Waals surface area (Å²) in [6.45, 7) is 33.3. The number of nitrogens with zero attached hydrogens (tertiary/aromatic N) is 11. The topological polar surface area (TPSA) is 416 Å². The number of nitrogens with two attached hydrogens (primary N) is 5. The highest BCUT2D eigenvalue weighted by Gasteiger charge is 2.19. The number of aromatic nitrogens is 14. The summed E-state index contributed by atoms with van der Waals surface area (Å²) in [5.41, 5.74) is 67.1. The van der Waals surface area contributed by atoms with Gasteiger partial charge in [-0.05, 0) is 350 Å². The molecule has 5 aliphatic heterocycles. The van der Waals surface area contributed by atoms with Crippen LogP contribution in [0.2, 0.25) is 0 Å². The Morgan fingerprint density at radius 1 is 0.340 bits per heavy atom. The van der Waals surface area contributed by atoms with E-state index in [1.54, 1.807) is 12.4 Å². The molecule has 28 rings (SSSR count). The number of carbonyl (C=O) groups is 1. The number of amidine groups is 2. The van der Waals surface area contributed by atoms with Crippen LogP contribution in [0.25, 0.3) is 96.8 Å². The maximum Gasteiger partial charge on any atom is 0.251 e. The Kier molecular flexibility index (Phi) is 34.9. The van der Waals surface area contributed by atoms with E-state index in [0.29, 0.717) is 35.7 Å². The highest BCUT2D eigenvalue weighted by molar-refractivity contribution is 7.14. The number of aromatic amines is 5. The van der Waals surface area contributed by atoms with E-state index in [0.717, 1.165) is 119 Å². The van der Waals surface area contributed by atoms with Crippen LogP contribution in [0.15, 0.2) is 319 Å². The number of hydrogen-bond donors (Lipinski definition) is 13. The third-order valence-corrected chi connectivity index (χ3v) is 26.2. The molecule has 15 heterocycles. The number of amides is 1. The van der Waals surface area contributed by atoms with Gasteiger partial charge in [0.2, 0.25) is 0 Å². The third-order valence-electron chi connectivity index (χ3n) is 24.6. The quantitative estimate of drug-likeness (QED) is 0.0670. The lowest BCUT2D eigenvalue weighted by atomic mass is 10.1. The van der Waals surface area contributed by atoms with Gasteiger partial charge in [0.25, 0.3) is 5.91 Å². The predicted octanol–water partition coefficient (Wildman–Crippen LogP) is 25.6. The van der Waals surface area contributed by atoms with E-state index in [1.807, 2.05) is 150 Å². The number of aliphatic imine (C=N–C) groups is 2. The summed E-state index contributed by atoms with van der Waals surface area (Å²) < 4.78 is 15.4. The van der Waals surface area contributed by atoms with Gasteiger partial charge < -0.3 is 59.1 Å². The molecule has 0 bridgehead atoms. The first-order valence-electron chi connectivity index (χ1n) is 48.5. The van der Waals surface area contributed by atoms with Gasteiger partial charge in [-0.3, -0.25) is 34.9 Å². The molecule has 13 aromatic carbocycles. The Bertz CT molecular complexity index is 7960. The van der Waals surface area contributed by atoms with Crippen LogP contribution in [0.1, 0.15) is 127 Å². The highest BCUT2D eigenvalue weighted by atomic mass is 32.1. The van der Waals surface area contributed by atoms with Crippen molar-refractivity contribution in [3.05, 3.63) is 426 Å². The minimum absolute atomic E-state index is 0.0590. The van der Waals surface area contributed by atoms with Gasteiger partial charge in [0.15, 0.2) is 11.4 Å². The Morgan fingerprint density at radius 3 is 1.63 bits per heavy atom. The van der Waals surface area contributed by atoms with Crippen LogP contribution >= 0.6 is 23.1 Å². The number of nitrogen functional groups attached to an aromatic ring is 3. The fraction of sp³-hybridized carbons (Fsp3) is 0.176. The molecule has 0 saturated heterocycles. The molecule has 0 atom stereocenters. The SMILES string of the molecule is Cc1ccc2[nH]ccc2c1.Cc1ccc2[nH]ncc2c1.Cc1ccc2c(N)noc2c1.Cc1ccc2c(N)nsc2c1.Cc1ccc2c(c1)C(=O)NC2.Cc1ccc2c(c1)C(N)=NC2.Cc1ccc2c(c1)CCN2.Cc1ccc2c(c1)CN=C2N.Cc1ccc2c(c1)NCC2.Cc1ccc2cc[nH]c2c1.Cc1ccc2cn[nH]c2c1.Cc1ccc2n[nH]nc2c1.Cc1ccc2snc(N)c2c1.Cc1ccnc2cccnc12. The lowest BCUT2D eigenvalue weighted by molar-refractivity contribution is 0.0965. The van der Waals surface area contributed by atoms with Gasteiger partial charge in [0.05, 0.1) is 62.3 Å². The van der Waals surface area contributed by atoms with Crippen LogP contribution in [-0.4, -0.2) is 100 Å². The largest absolute Gasteiger partial charge is 0.384 e. The maximum absolute atomic E-state index is 11.1. The molecule has 18 N–H and O–H groups in total. The summed E-state index contributed by atoms with van der Waals surface area (Å²) in [7, 11) is 0. The average molecular weight is 1990 g/mol. The summed E-state index contributed by atoms with van der Waals surface area (Å²) in [6, 6.07) is 91.0. The average Bonchev–Trinajstić information content (AvgIpc) is 1.63. The van der Waals surface area contributed by atoms with Gasteiger partial charge in [0.1, 0.15) is 34.3 Å². The van der Waals surface area contributed by atoms with Crippen LogP contribution in [0, 0.1) is 96.9 Å². The van der Waals surface area contributed by atoms with Gasteiger partial charge in [-0.25, -0.2) is 0 Å². The van der Waals surface area contributed by atoms with Crippen molar-refractivity contribution < 1.29 is 9.32 Å². The lowest BCUT2D eigenvalue weighted by Gasteiger charge is -1.99. The second kappa shape index (κ2) is 49.5. The Labute approximate surface area is 863 Å². The number of hydrogen-bond acceptors (Lipinski definition) is 22. The zero-order valence-corrected chi connectivity index (χ0v) is 86.9. The van der Waals surface area contributed by atoms with Gasteiger partial charge >= 0.3 is 0 Å². The maximum atomic E-state index is 11.1. The minimum atomic E-state index is 0.0590. The van der Waals surface area contributed by atoms with Crippen molar-refractivity contribution in [2.24, 2.45) is 21.5 Å². The summed E-state index contributed by atoms with van der Waals surface area (Å²) in [5.74, 6) is 3.17. The normalized spacial score (nSPS) is 11.9. The zero-order chi connectivity index (χ0) is 104. The molecule has 147 heavy (non-hydrogen) atoms. The molecule has 0 saturated carbocycles. The van der Waals surface area contributed by atoms with Crippen LogP contribution in [-0.2, 0) is 32.5 Å². The third kappa shape index (κ3) is 28.5. The first-order valence-corrected chi connectivity index (χ1v) is 50.1. The Balaban J connectivity index is 0.000000119. The van der Waals surface area contributed by atoms with E-state index in [1.165, 1.54) is 174 Å². The van der Waals surface area contributed by atoms with Gasteiger partial charge in [0, 0.05) is 105 Å². The van der Waals surface area contributed by atoms with E-state index >= 15 is 0 Å². The number of nitrogens with one attached hydrogen (secondary N) is 8. The van der Waals surface area contributed by atoms with E-state index < -0.39 is 0 Å². The number of H-pyrrole nitrogens is 5. The highest BCUT2D eigenvalue weighted by Crippen LogP contribution is 2.30. The van der Waals surface area contributed by atoms with Crippen molar-refractivity contribution in [1.82, 2.24) is 75.0 Å². The molecule has 0 aliphatic carbocycles. The summed E-state index contributed by atoms with van der Waals surface area (Å²) in [5, 5.41) is 45.1. The minimum Gasteiger partial charge on any atom is -0.384 e. The molecule has 5 aliphatic rings.